The van der Waals surface area contributed by atoms with Gasteiger partial charge in [-0.25, -0.2) is 9.97 Å². The van der Waals surface area contributed by atoms with E-state index in [0.29, 0.717) is 0 Å². The van der Waals surface area contributed by atoms with Crippen LogP contribution in [0, 0.1) is 0 Å². The molecule has 0 saturated carbocycles. The van der Waals surface area contributed by atoms with E-state index in [1.165, 1.54) is 43.8 Å². The summed E-state index contributed by atoms with van der Waals surface area (Å²) in [7, 11) is 0. The molecule has 0 saturated heterocycles. The van der Waals surface area contributed by atoms with Crippen LogP contribution in [0.1, 0.15) is 0 Å². The van der Waals surface area contributed by atoms with E-state index in [1.54, 1.807) is 0 Å². The highest BCUT2D eigenvalue weighted by molar-refractivity contribution is 5.95. The number of nitrogens with zero attached hydrogens (tertiary/aromatic N) is 3. The maximum atomic E-state index is 5.01. The molecule has 0 spiro atoms. The zero-order valence-electron chi connectivity index (χ0n) is 30.0. The van der Waals surface area contributed by atoms with Gasteiger partial charge >= 0.3 is 0 Å². The number of rotatable bonds is 7. The van der Waals surface area contributed by atoms with Crippen molar-refractivity contribution in [3.05, 3.63) is 212 Å². The molecule has 0 radical (unpaired) electrons. The van der Waals surface area contributed by atoms with Gasteiger partial charge in [0.25, 0.3) is 0 Å². The second kappa shape index (κ2) is 13.9. The standard InChI is InChI=1S/C52H35N3/c1-2-11-40(12-3-1)50-35-51(54-52-49(50)15-8-32-53-52)41-24-30-48(31-25-41)55(46-26-20-38(21-27-46)44-18-16-36-9-4-6-13-42(36)33-44)47-28-22-39(23-29-47)45-19-17-37-10-5-7-14-43(37)34-45/h1-35H. The molecule has 10 aromatic rings. The predicted molar refractivity (Wildman–Crippen MR) is 231 cm³/mol. The molecular formula is C52H35N3. The van der Waals surface area contributed by atoms with E-state index in [2.05, 4.69) is 204 Å². The Morgan fingerprint density at radius 3 is 1.35 bits per heavy atom. The Kier molecular flexibility index (Phi) is 8.16. The first-order valence-electron chi connectivity index (χ1n) is 18.6. The summed E-state index contributed by atoms with van der Waals surface area (Å²) in [5.74, 6) is 0. The summed E-state index contributed by atoms with van der Waals surface area (Å²) in [5.41, 5.74) is 12.9. The molecule has 10 rings (SSSR count). The van der Waals surface area contributed by atoms with Crippen LogP contribution in [-0.4, -0.2) is 9.97 Å². The lowest BCUT2D eigenvalue weighted by atomic mass is 9.99. The largest absolute Gasteiger partial charge is 0.311 e. The average Bonchev–Trinajstić information content (AvgIpc) is 3.27. The van der Waals surface area contributed by atoms with Gasteiger partial charge in [0.1, 0.15) is 0 Å². The Bertz CT molecular complexity index is 2830. The summed E-state index contributed by atoms with van der Waals surface area (Å²) in [6.07, 6.45) is 1.81. The first-order valence-corrected chi connectivity index (χ1v) is 18.6. The van der Waals surface area contributed by atoms with Crippen LogP contribution in [0.2, 0.25) is 0 Å². The molecule has 0 amide bonds. The molecule has 0 aliphatic rings. The van der Waals surface area contributed by atoms with Crippen LogP contribution in [-0.2, 0) is 0 Å². The molecule has 2 aromatic heterocycles. The summed E-state index contributed by atoms with van der Waals surface area (Å²) in [6.45, 7) is 0. The first kappa shape index (κ1) is 32.3. The van der Waals surface area contributed by atoms with E-state index in [-0.39, 0.29) is 0 Å². The highest BCUT2D eigenvalue weighted by Crippen LogP contribution is 2.39. The number of hydrogen-bond acceptors (Lipinski definition) is 3. The lowest BCUT2D eigenvalue weighted by Gasteiger charge is -2.26. The van der Waals surface area contributed by atoms with Gasteiger partial charge in [0.2, 0.25) is 0 Å². The normalized spacial score (nSPS) is 11.3. The van der Waals surface area contributed by atoms with Gasteiger partial charge in [-0.15, -0.1) is 0 Å². The van der Waals surface area contributed by atoms with E-state index in [1.807, 2.05) is 18.3 Å². The SMILES string of the molecule is c1ccc(-c2cc(-c3ccc(N(c4ccc(-c5ccc6ccccc6c5)cc4)c4ccc(-c5ccc6ccccc6c5)cc4)cc3)nc3ncccc23)cc1. The second-order valence-electron chi connectivity index (χ2n) is 13.9. The quantitative estimate of drug-likeness (QED) is 0.166. The van der Waals surface area contributed by atoms with Gasteiger partial charge in [-0.2, -0.15) is 0 Å². The highest BCUT2D eigenvalue weighted by atomic mass is 15.1. The number of aromatic nitrogens is 2. The lowest BCUT2D eigenvalue weighted by Crippen LogP contribution is -2.09. The van der Waals surface area contributed by atoms with Crippen LogP contribution < -0.4 is 4.90 Å². The van der Waals surface area contributed by atoms with Crippen LogP contribution in [0.5, 0.6) is 0 Å². The Labute approximate surface area is 320 Å². The van der Waals surface area contributed by atoms with E-state index >= 15 is 0 Å². The van der Waals surface area contributed by atoms with Crippen molar-refractivity contribution in [2.45, 2.75) is 0 Å². The Morgan fingerprint density at radius 1 is 0.327 bits per heavy atom. The summed E-state index contributed by atoms with van der Waals surface area (Å²) in [4.78, 5) is 12.0. The topological polar surface area (TPSA) is 29.0 Å². The molecule has 0 aliphatic carbocycles. The summed E-state index contributed by atoms with van der Waals surface area (Å²) in [5, 5.41) is 6.02. The van der Waals surface area contributed by atoms with Crippen molar-refractivity contribution in [1.82, 2.24) is 9.97 Å². The van der Waals surface area contributed by atoms with Crippen molar-refractivity contribution in [1.29, 1.82) is 0 Å². The third kappa shape index (κ3) is 6.28. The van der Waals surface area contributed by atoms with Crippen molar-refractivity contribution in [3.8, 4) is 44.6 Å². The Hall–Kier alpha value is -7.36. The maximum Gasteiger partial charge on any atom is 0.160 e. The van der Waals surface area contributed by atoms with Crippen LogP contribution in [0.15, 0.2) is 212 Å². The van der Waals surface area contributed by atoms with Gasteiger partial charge in [-0.1, -0.05) is 140 Å². The van der Waals surface area contributed by atoms with E-state index in [9.17, 15) is 0 Å². The van der Waals surface area contributed by atoms with Gasteiger partial charge in [0.05, 0.1) is 5.69 Å². The summed E-state index contributed by atoms with van der Waals surface area (Å²) >= 11 is 0. The number of benzene rings is 8. The molecule has 0 atom stereocenters. The number of hydrogen-bond donors (Lipinski definition) is 0. The van der Waals surface area contributed by atoms with Crippen LogP contribution in [0.3, 0.4) is 0 Å². The van der Waals surface area contributed by atoms with Crippen molar-refractivity contribution >= 4 is 49.6 Å². The smallest absolute Gasteiger partial charge is 0.160 e. The third-order valence-electron chi connectivity index (χ3n) is 10.5. The third-order valence-corrected chi connectivity index (χ3v) is 10.5. The van der Waals surface area contributed by atoms with Crippen molar-refractivity contribution in [3.63, 3.8) is 0 Å². The molecule has 0 fully saturated rings. The number of anilines is 3. The summed E-state index contributed by atoms with van der Waals surface area (Å²) in [6, 6.07) is 73.6. The molecule has 0 unspecified atom stereocenters. The maximum absolute atomic E-state index is 5.01. The van der Waals surface area contributed by atoms with Gasteiger partial charge < -0.3 is 4.90 Å². The average molecular weight is 702 g/mol. The fourth-order valence-corrected chi connectivity index (χ4v) is 7.63. The second-order valence-corrected chi connectivity index (χ2v) is 13.9. The number of fused-ring (bicyclic) bond motifs is 3. The van der Waals surface area contributed by atoms with Crippen LogP contribution in [0.25, 0.3) is 77.2 Å². The molecule has 0 bridgehead atoms. The van der Waals surface area contributed by atoms with E-state index in [4.69, 9.17) is 4.98 Å². The zero-order valence-corrected chi connectivity index (χ0v) is 30.0. The minimum Gasteiger partial charge on any atom is -0.311 e. The molecule has 258 valence electrons. The highest BCUT2D eigenvalue weighted by Gasteiger charge is 2.16. The van der Waals surface area contributed by atoms with Gasteiger partial charge in [-0.05, 0) is 122 Å². The fraction of sp³-hybridized carbons (Fsp3) is 0. The molecule has 3 heteroatoms. The first-order chi connectivity index (χ1) is 27.2. The monoisotopic (exact) mass is 701 g/mol. The van der Waals surface area contributed by atoms with Gasteiger partial charge in [-0.3, -0.25) is 0 Å². The molecule has 0 aliphatic heterocycles. The summed E-state index contributed by atoms with van der Waals surface area (Å²) < 4.78 is 0. The van der Waals surface area contributed by atoms with Crippen molar-refractivity contribution in [2.24, 2.45) is 0 Å². The molecule has 3 nitrogen and oxygen atoms in total. The zero-order chi connectivity index (χ0) is 36.6. The van der Waals surface area contributed by atoms with Crippen LogP contribution in [0.4, 0.5) is 17.1 Å². The van der Waals surface area contributed by atoms with E-state index in [0.717, 1.165) is 50.5 Å². The Morgan fingerprint density at radius 2 is 0.800 bits per heavy atom. The minimum atomic E-state index is 0.738. The Balaban J connectivity index is 1.03. The van der Waals surface area contributed by atoms with Crippen molar-refractivity contribution in [2.75, 3.05) is 4.90 Å². The van der Waals surface area contributed by atoms with Crippen LogP contribution >= 0.6 is 0 Å². The molecular weight excluding hydrogens is 667 g/mol. The van der Waals surface area contributed by atoms with Gasteiger partial charge in [0, 0.05) is 34.2 Å². The molecule has 2 heterocycles. The lowest BCUT2D eigenvalue weighted by molar-refractivity contribution is 1.27. The van der Waals surface area contributed by atoms with Gasteiger partial charge in [0.15, 0.2) is 5.65 Å². The van der Waals surface area contributed by atoms with E-state index < -0.39 is 0 Å². The molecule has 55 heavy (non-hydrogen) atoms. The fourth-order valence-electron chi connectivity index (χ4n) is 7.63. The predicted octanol–water partition coefficient (Wildman–Crippen LogP) is 14.1. The minimum absolute atomic E-state index is 0.738. The molecule has 0 N–H and O–H groups in total. The number of pyridine rings is 2. The van der Waals surface area contributed by atoms with Crippen molar-refractivity contribution < 1.29 is 0 Å². The molecule has 8 aromatic carbocycles.